The molecule has 0 saturated heterocycles. The molecular weight excluding hydrogens is 526 g/mol. The van der Waals surface area contributed by atoms with Gasteiger partial charge in [-0.25, -0.2) is 9.78 Å². The number of carbonyl (C=O) groups excluding carboxylic acids is 1. The first-order valence-corrected chi connectivity index (χ1v) is 13.6. The number of anilines is 1. The minimum Gasteiger partial charge on any atom is -0.495 e. The van der Waals surface area contributed by atoms with Gasteiger partial charge in [0.25, 0.3) is 0 Å². The number of ether oxygens (including phenoxy) is 1. The van der Waals surface area contributed by atoms with E-state index >= 15 is 0 Å². The van der Waals surface area contributed by atoms with Crippen LogP contribution < -0.4 is 15.4 Å². The van der Waals surface area contributed by atoms with Gasteiger partial charge in [0.05, 0.1) is 42.2 Å². The first-order chi connectivity index (χ1) is 18.4. The number of benzene rings is 2. The van der Waals surface area contributed by atoms with E-state index in [0.717, 1.165) is 39.3 Å². The number of amides is 2. The van der Waals surface area contributed by atoms with Crippen LogP contribution in [0.3, 0.4) is 0 Å². The third-order valence-corrected chi connectivity index (χ3v) is 7.39. The second-order valence-electron chi connectivity index (χ2n) is 8.70. The predicted octanol–water partition coefficient (Wildman–Crippen LogP) is 4.56. The van der Waals surface area contributed by atoms with E-state index in [0.29, 0.717) is 42.6 Å². The van der Waals surface area contributed by atoms with Crippen molar-refractivity contribution in [3.63, 3.8) is 0 Å². The number of aromatic nitrogens is 2. The molecule has 4 aromatic rings. The van der Waals surface area contributed by atoms with Crippen LogP contribution in [0.5, 0.6) is 5.75 Å². The van der Waals surface area contributed by atoms with Crippen molar-refractivity contribution in [1.29, 1.82) is 0 Å². The number of nitrogens with one attached hydrogen (secondary N) is 2. The van der Waals surface area contributed by atoms with Crippen LogP contribution in [-0.2, 0) is 19.6 Å². The Morgan fingerprint density at radius 1 is 1.18 bits per heavy atom. The molecule has 4 N–H and O–H groups in total. The van der Waals surface area contributed by atoms with Gasteiger partial charge in [-0.3, -0.25) is 4.90 Å². The summed E-state index contributed by atoms with van der Waals surface area (Å²) < 4.78 is 7.27. The minimum atomic E-state index is -0.318. The van der Waals surface area contributed by atoms with E-state index in [2.05, 4.69) is 22.1 Å². The summed E-state index contributed by atoms with van der Waals surface area (Å²) in [4.78, 5) is 19.5. The molecule has 2 heterocycles. The van der Waals surface area contributed by atoms with Crippen molar-refractivity contribution >= 4 is 45.6 Å². The van der Waals surface area contributed by atoms with E-state index in [9.17, 15) is 15.0 Å². The van der Waals surface area contributed by atoms with Crippen LogP contribution in [0.4, 0.5) is 10.5 Å². The Morgan fingerprint density at radius 3 is 2.66 bits per heavy atom. The molecule has 38 heavy (non-hydrogen) atoms. The Kier molecular flexibility index (Phi) is 9.59. The maximum Gasteiger partial charge on any atom is 0.319 e. The molecule has 2 aromatic heterocycles. The highest BCUT2D eigenvalue weighted by molar-refractivity contribution is 7.13. The molecule has 0 aliphatic rings. The third kappa shape index (κ3) is 6.64. The normalized spacial score (nSPS) is 11.3. The molecule has 0 atom stereocenters. The smallest absolute Gasteiger partial charge is 0.319 e. The first kappa shape index (κ1) is 27.9. The molecule has 0 unspecified atom stereocenters. The number of fused-ring (bicyclic) bond motifs is 1. The summed E-state index contributed by atoms with van der Waals surface area (Å²) in [5.41, 5.74) is 4.43. The lowest BCUT2D eigenvalue weighted by atomic mass is 10.1. The summed E-state index contributed by atoms with van der Waals surface area (Å²) in [6, 6.07) is 11.2. The number of methoxy groups -OCH3 is 1. The van der Waals surface area contributed by atoms with Crippen molar-refractivity contribution in [2.45, 2.75) is 26.6 Å². The largest absolute Gasteiger partial charge is 0.495 e. The monoisotopic (exact) mass is 557 g/mol. The van der Waals surface area contributed by atoms with Gasteiger partial charge in [0.15, 0.2) is 0 Å². The molecule has 0 saturated carbocycles. The maximum atomic E-state index is 12.8. The molecule has 0 aliphatic carbocycles. The molecule has 0 aliphatic heterocycles. The lowest BCUT2D eigenvalue weighted by Gasteiger charge is -2.18. The molecule has 0 fully saturated rings. The van der Waals surface area contributed by atoms with E-state index in [4.69, 9.17) is 21.3 Å². The number of aliphatic hydroxyl groups excluding tert-OH is 2. The van der Waals surface area contributed by atoms with Crippen molar-refractivity contribution in [2.24, 2.45) is 0 Å². The molecule has 9 nitrogen and oxygen atoms in total. The van der Waals surface area contributed by atoms with Crippen molar-refractivity contribution in [2.75, 3.05) is 38.7 Å². The van der Waals surface area contributed by atoms with E-state index in [-0.39, 0.29) is 19.2 Å². The van der Waals surface area contributed by atoms with Crippen LogP contribution in [0.25, 0.3) is 21.5 Å². The fraction of sp³-hybridized carbons (Fsp3) is 0.333. The van der Waals surface area contributed by atoms with Crippen molar-refractivity contribution < 1.29 is 19.7 Å². The zero-order chi connectivity index (χ0) is 27.1. The van der Waals surface area contributed by atoms with Gasteiger partial charge in [-0.2, -0.15) is 0 Å². The molecule has 4 rings (SSSR count). The second-order valence-corrected chi connectivity index (χ2v) is 9.97. The number of halogens is 1. The number of carbonyl (C=O) groups is 1. The zero-order valence-corrected chi connectivity index (χ0v) is 23.0. The first-order valence-electron chi connectivity index (χ1n) is 12.3. The number of rotatable bonds is 12. The van der Waals surface area contributed by atoms with Crippen LogP contribution in [0.15, 0.2) is 48.0 Å². The molecule has 2 amide bonds. The Hall–Kier alpha value is -3.15. The lowest BCUT2D eigenvalue weighted by molar-refractivity contribution is 0.155. The van der Waals surface area contributed by atoms with Gasteiger partial charge in [-0.1, -0.05) is 17.7 Å². The summed E-state index contributed by atoms with van der Waals surface area (Å²) in [5, 5.41) is 28.7. The van der Waals surface area contributed by atoms with Gasteiger partial charge >= 0.3 is 6.03 Å². The zero-order valence-electron chi connectivity index (χ0n) is 21.4. The quantitative estimate of drug-likeness (QED) is 0.203. The summed E-state index contributed by atoms with van der Waals surface area (Å²) >= 11 is 7.74. The SMILES string of the molecule is CCn1cc(NC(=O)NCc2ccc(OC)c(Cl)c2)c2cc(-c3nc(CN(CCO)CCO)cs3)ccc21. The van der Waals surface area contributed by atoms with Crippen LogP contribution in [0.2, 0.25) is 5.02 Å². The summed E-state index contributed by atoms with van der Waals surface area (Å²) in [7, 11) is 1.56. The highest BCUT2D eigenvalue weighted by atomic mass is 35.5. The standard InChI is InChI=1S/C27H32ClN5O4S/c1-3-33-16-23(31-27(36)29-14-18-4-7-25(37-2)22(28)12-18)21-13-19(5-6-24(21)33)26-30-20(17-38-26)15-32(8-10-34)9-11-35/h4-7,12-13,16-17,34-35H,3,8-11,14-15H2,1-2H3,(H2,29,31,36). The van der Waals surface area contributed by atoms with E-state index in [1.54, 1.807) is 30.6 Å². The average Bonchev–Trinajstić information content (AvgIpc) is 3.52. The van der Waals surface area contributed by atoms with E-state index < -0.39 is 0 Å². The van der Waals surface area contributed by atoms with Gasteiger partial charge in [-0.05, 0) is 42.8 Å². The van der Waals surface area contributed by atoms with Crippen molar-refractivity contribution in [3.05, 3.63) is 64.3 Å². The number of hydrogen-bond acceptors (Lipinski definition) is 7. The van der Waals surface area contributed by atoms with E-state index in [1.807, 2.05) is 40.7 Å². The second kappa shape index (κ2) is 13.1. The molecule has 2 aromatic carbocycles. The number of urea groups is 1. The lowest BCUT2D eigenvalue weighted by Crippen LogP contribution is -2.29. The van der Waals surface area contributed by atoms with Gasteiger partial charge in [-0.15, -0.1) is 11.3 Å². The number of nitrogens with zero attached hydrogens (tertiary/aromatic N) is 3. The van der Waals surface area contributed by atoms with Crippen LogP contribution in [0.1, 0.15) is 18.2 Å². The molecule has 11 heteroatoms. The minimum absolute atomic E-state index is 0.0271. The van der Waals surface area contributed by atoms with E-state index in [1.165, 1.54) is 0 Å². The average molecular weight is 558 g/mol. The number of hydrogen-bond donors (Lipinski definition) is 4. The van der Waals surface area contributed by atoms with Crippen molar-refractivity contribution in [3.8, 4) is 16.3 Å². The summed E-state index contributed by atoms with van der Waals surface area (Å²) in [6.07, 6.45) is 1.94. The number of thiazole rings is 1. The predicted molar refractivity (Wildman–Crippen MR) is 152 cm³/mol. The Bertz CT molecular complexity index is 1380. The fourth-order valence-corrected chi connectivity index (χ4v) is 5.34. The highest BCUT2D eigenvalue weighted by Gasteiger charge is 2.15. The molecule has 202 valence electrons. The van der Waals surface area contributed by atoms with Crippen molar-refractivity contribution in [1.82, 2.24) is 19.8 Å². The van der Waals surface area contributed by atoms with Crippen LogP contribution in [-0.4, -0.2) is 64.1 Å². The van der Waals surface area contributed by atoms with Crippen LogP contribution in [0, 0.1) is 0 Å². The topological polar surface area (TPSA) is 112 Å². The fourth-order valence-electron chi connectivity index (χ4n) is 4.25. The van der Waals surface area contributed by atoms with Crippen LogP contribution >= 0.6 is 22.9 Å². The molecular formula is C27H32ClN5O4S. The number of aliphatic hydroxyl groups is 2. The summed E-state index contributed by atoms with van der Waals surface area (Å²) in [5.74, 6) is 0.586. The summed E-state index contributed by atoms with van der Waals surface area (Å²) in [6.45, 7) is 4.70. The van der Waals surface area contributed by atoms with Gasteiger partial charge in [0.2, 0.25) is 0 Å². The molecule has 0 spiro atoms. The van der Waals surface area contributed by atoms with Gasteiger partial charge in [0, 0.05) is 55.3 Å². The van der Waals surface area contributed by atoms with Gasteiger partial charge in [0.1, 0.15) is 10.8 Å². The number of aryl methyl sites for hydroxylation is 1. The van der Waals surface area contributed by atoms with Gasteiger partial charge < -0.3 is 30.2 Å². The maximum absolute atomic E-state index is 12.8. The highest BCUT2D eigenvalue weighted by Crippen LogP contribution is 2.32. The Balaban J connectivity index is 1.50. The molecule has 0 bridgehead atoms. The molecule has 0 radical (unpaired) electrons. The third-order valence-electron chi connectivity index (χ3n) is 6.16. The Morgan fingerprint density at radius 2 is 1.97 bits per heavy atom. The Labute approximate surface area is 230 Å².